The van der Waals surface area contributed by atoms with Crippen molar-refractivity contribution in [3.05, 3.63) is 63.2 Å². The van der Waals surface area contributed by atoms with Gasteiger partial charge in [-0.1, -0.05) is 29.0 Å². The van der Waals surface area contributed by atoms with Crippen LogP contribution in [0.5, 0.6) is 0 Å². The zero-order chi connectivity index (χ0) is 19.0. The van der Waals surface area contributed by atoms with Gasteiger partial charge >= 0.3 is 0 Å². The predicted octanol–water partition coefficient (Wildman–Crippen LogP) is 3.82. The summed E-state index contributed by atoms with van der Waals surface area (Å²) in [4.78, 5) is 31.4. The topological polar surface area (TPSA) is 79.6 Å². The number of anilines is 1. The normalized spacial score (nSPS) is 14.6. The fourth-order valence-electron chi connectivity index (χ4n) is 3.05. The lowest BCUT2D eigenvalue weighted by Gasteiger charge is -2.34. The maximum atomic E-state index is 12.6. The van der Waals surface area contributed by atoms with E-state index in [4.69, 9.17) is 11.6 Å². The second-order valence-electron chi connectivity index (χ2n) is 6.17. The number of hydrogen-bond donors (Lipinski definition) is 0. The van der Waals surface area contributed by atoms with Gasteiger partial charge in [-0.3, -0.25) is 14.9 Å². The van der Waals surface area contributed by atoms with E-state index < -0.39 is 4.92 Å². The number of halogens is 1. The van der Waals surface area contributed by atoms with Gasteiger partial charge in [0.05, 0.1) is 14.6 Å². The molecule has 2 aromatic carbocycles. The minimum Gasteiger partial charge on any atom is -0.345 e. The number of non-ortho nitro benzene ring substituents is 1. The third-order valence-corrected chi connectivity index (χ3v) is 5.91. The average molecular weight is 403 g/mol. The SMILES string of the molecule is O=C(c1ccc([N+](=O)[O-])cc1)N1CCN(c2nc3c(Cl)cccc3s2)CC1. The number of benzene rings is 2. The first-order chi connectivity index (χ1) is 13.0. The van der Waals surface area contributed by atoms with Crippen LogP contribution in [-0.2, 0) is 0 Å². The molecule has 1 aromatic heterocycles. The summed E-state index contributed by atoms with van der Waals surface area (Å²) in [5.74, 6) is -0.114. The van der Waals surface area contributed by atoms with Crippen molar-refractivity contribution in [2.75, 3.05) is 31.1 Å². The minimum absolute atomic E-state index is 0.0223. The molecular weight excluding hydrogens is 388 g/mol. The Morgan fingerprint density at radius 2 is 1.81 bits per heavy atom. The van der Waals surface area contributed by atoms with Gasteiger partial charge in [0.2, 0.25) is 0 Å². The van der Waals surface area contributed by atoms with Gasteiger partial charge in [-0.05, 0) is 24.3 Å². The zero-order valence-corrected chi connectivity index (χ0v) is 15.7. The van der Waals surface area contributed by atoms with Gasteiger partial charge in [0.1, 0.15) is 5.52 Å². The molecule has 0 saturated carbocycles. The monoisotopic (exact) mass is 402 g/mol. The number of carbonyl (C=O) groups excluding carboxylic acids is 1. The van der Waals surface area contributed by atoms with E-state index in [0.29, 0.717) is 36.8 Å². The molecule has 0 spiro atoms. The number of nitro groups is 1. The summed E-state index contributed by atoms with van der Waals surface area (Å²) in [6.07, 6.45) is 0. The van der Waals surface area contributed by atoms with E-state index in [2.05, 4.69) is 9.88 Å². The van der Waals surface area contributed by atoms with Crippen molar-refractivity contribution < 1.29 is 9.72 Å². The number of piperazine rings is 1. The summed E-state index contributed by atoms with van der Waals surface area (Å²) in [5, 5.41) is 12.3. The molecule has 138 valence electrons. The molecule has 0 unspecified atom stereocenters. The standard InChI is InChI=1S/C18H15ClN4O3S/c19-14-2-1-3-15-16(14)20-18(27-15)22-10-8-21(9-11-22)17(24)12-4-6-13(7-5-12)23(25)26/h1-7H,8-11H2. The third-order valence-electron chi connectivity index (χ3n) is 4.52. The van der Waals surface area contributed by atoms with Crippen LogP contribution >= 0.6 is 22.9 Å². The maximum absolute atomic E-state index is 12.6. The van der Waals surface area contributed by atoms with Crippen molar-refractivity contribution in [3.63, 3.8) is 0 Å². The molecule has 1 amide bonds. The molecule has 1 saturated heterocycles. The second kappa shape index (κ2) is 7.13. The van der Waals surface area contributed by atoms with Gasteiger partial charge in [0.25, 0.3) is 11.6 Å². The lowest BCUT2D eigenvalue weighted by Crippen LogP contribution is -2.48. The van der Waals surface area contributed by atoms with Gasteiger partial charge in [-0.2, -0.15) is 0 Å². The molecule has 0 N–H and O–H groups in total. The highest BCUT2D eigenvalue weighted by molar-refractivity contribution is 7.22. The van der Waals surface area contributed by atoms with Crippen LogP contribution in [0.3, 0.4) is 0 Å². The maximum Gasteiger partial charge on any atom is 0.269 e. The largest absolute Gasteiger partial charge is 0.345 e. The Balaban J connectivity index is 1.44. The molecule has 0 aliphatic carbocycles. The molecule has 1 fully saturated rings. The van der Waals surface area contributed by atoms with Crippen molar-refractivity contribution in [3.8, 4) is 0 Å². The fraction of sp³-hybridized carbons (Fsp3) is 0.222. The van der Waals surface area contributed by atoms with E-state index in [0.717, 1.165) is 15.3 Å². The summed E-state index contributed by atoms with van der Waals surface area (Å²) in [7, 11) is 0. The first kappa shape index (κ1) is 17.7. The number of thiazole rings is 1. The Hall–Kier alpha value is -2.71. The number of carbonyl (C=O) groups is 1. The molecule has 9 heteroatoms. The first-order valence-corrected chi connectivity index (χ1v) is 9.56. The van der Waals surface area contributed by atoms with Gasteiger partial charge in [0.15, 0.2) is 5.13 Å². The Morgan fingerprint density at radius 1 is 1.11 bits per heavy atom. The van der Waals surface area contributed by atoms with Crippen LogP contribution in [0.25, 0.3) is 10.2 Å². The quantitative estimate of drug-likeness (QED) is 0.491. The van der Waals surface area contributed by atoms with Crippen LogP contribution in [-0.4, -0.2) is 46.9 Å². The average Bonchev–Trinajstić information content (AvgIpc) is 3.13. The summed E-state index contributed by atoms with van der Waals surface area (Å²) < 4.78 is 1.04. The molecule has 3 aromatic rings. The second-order valence-corrected chi connectivity index (χ2v) is 7.58. The number of nitrogens with zero attached hydrogens (tertiary/aromatic N) is 4. The molecule has 0 atom stereocenters. The van der Waals surface area contributed by atoms with E-state index >= 15 is 0 Å². The first-order valence-electron chi connectivity index (χ1n) is 8.36. The van der Waals surface area contributed by atoms with Gasteiger partial charge in [0, 0.05) is 43.9 Å². The van der Waals surface area contributed by atoms with Gasteiger partial charge in [-0.15, -0.1) is 0 Å². The van der Waals surface area contributed by atoms with Crippen LogP contribution in [0.4, 0.5) is 10.8 Å². The predicted molar refractivity (Wildman–Crippen MR) is 106 cm³/mol. The van der Waals surface area contributed by atoms with Crippen LogP contribution in [0.1, 0.15) is 10.4 Å². The molecule has 2 heterocycles. The number of fused-ring (bicyclic) bond motifs is 1. The van der Waals surface area contributed by atoms with E-state index in [1.807, 2.05) is 18.2 Å². The number of amides is 1. The lowest BCUT2D eigenvalue weighted by molar-refractivity contribution is -0.384. The molecular formula is C18H15ClN4O3S. The van der Waals surface area contributed by atoms with Crippen molar-refractivity contribution >= 4 is 49.9 Å². The van der Waals surface area contributed by atoms with E-state index in [1.165, 1.54) is 24.3 Å². The highest BCUT2D eigenvalue weighted by Gasteiger charge is 2.24. The molecule has 4 rings (SSSR count). The van der Waals surface area contributed by atoms with Crippen molar-refractivity contribution in [2.24, 2.45) is 0 Å². The Labute approximate surface area is 163 Å². The number of nitro benzene ring substituents is 1. The number of aromatic nitrogens is 1. The third kappa shape index (κ3) is 3.45. The van der Waals surface area contributed by atoms with Crippen molar-refractivity contribution in [1.82, 2.24) is 9.88 Å². The van der Waals surface area contributed by atoms with Crippen molar-refractivity contribution in [1.29, 1.82) is 0 Å². The molecule has 0 bridgehead atoms. The van der Waals surface area contributed by atoms with E-state index in [-0.39, 0.29) is 11.6 Å². The highest BCUT2D eigenvalue weighted by atomic mass is 35.5. The van der Waals surface area contributed by atoms with Crippen LogP contribution in [0.2, 0.25) is 5.02 Å². The summed E-state index contributed by atoms with van der Waals surface area (Å²) >= 11 is 7.79. The Kier molecular flexibility index (Phi) is 4.67. The Bertz CT molecular complexity index is 1010. The van der Waals surface area contributed by atoms with Gasteiger partial charge in [-0.25, -0.2) is 4.98 Å². The van der Waals surface area contributed by atoms with Gasteiger partial charge < -0.3 is 9.80 Å². The fourth-order valence-corrected chi connectivity index (χ4v) is 4.36. The Morgan fingerprint density at radius 3 is 2.44 bits per heavy atom. The van der Waals surface area contributed by atoms with Crippen LogP contribution in [0, 0.1) is 10.1 Å². The van der Waals surface area contributed by atoms with Crippen LogP contribution < -0.4 is 4.90 Å². The highest BCUT2D eigenvalue weighted by Crippen LogP contribution is 2.33. The number of para-hydroxylation sites is 1. The minimum atomic E-state index is -0.475. The smallest absolute Gasteiger partial charge is 0.269 e. The van der Waals surface area contributed by atoms with Crippen LogP contribution in [0.15, 0.2) is 42.5 Å². The van der Waals surface area contributed by atoms with E-state index in [9.17, 15) is 14.9 Å². The molecule has 1 aliphatic heterocycles. The zero-order valence-electron chi connectivity index (χ0n) is 14.2. The molecule has 7 nitrogen and oxygen atoms in total. The summed E-state index contributed by atoms with van der Waals surface area (Å²) in [6, 6.07) is 11.5. The molecule has 0 radical (unpaired) electrons. The summed E-state index contributed by atoms with van der Waals surface area (Å²) in [5.41, 5.74) is 1.25. The molecule has 27 heavy (non-hydrogen) atoms. The number of hydrogen-bond acceptors (Lipinski definition) is 6. The molecule has 1 aliphatic rings. The lowest BCUT2D eigenvalue weighted by atomic mass is 10.1. The van der Waals surface area contributed by atoms with Crippen molar-refractivity contribution in [2.45, 2.75) is 0 Å². The summed E-state index contributed by atoms with van der Waals surface area (Å²) in [6.45, 7) is 2.49. The van der Waals surface area contributed by atoms with E-state index in [1.54, 1.807) is 16.2 Å². The number of rotatable bonds is 3.